The highest BCUT2D eigenvalue weighted by molar-refractivity contribution is 5.84. The van der Waals surface area contributed by atoms with Crippen molar-refractivity contribution in [3.05, 3.63) is 109 Å². The Hall–Kier alpha value is -4.59. The summed E-state index contributed by atoms with van der Waals surface area (Å²) < 4.78 is 19.8. The third-order valence-corrected chi connectivity index (χ3v) is 7.99. The molecule has 7 heteroatoms. The lowest BCUT2D eigenvalue weighted by Gasteiger charge is -2.34. The number of imidazole rings is 1. The average Bonchev–Trinajstić information content (AvgIpc) is 3.48. The van der Waals surface area contributed by atoms with Gasteiger partial charge in [0, 0.05) is 24.2 Å². The van der Waals surface area contributed by atoms with E-state index in [9.17, 15) is 0 Å². The molecule has 220 valence electrons. The Morgan fingerprint density at radius 1 is 0.651 bits per heavy atom. The first-order valence-corrected chi connectivity index (χ1v) is 14.8. The van der Waals surface area contributed by atoms with Gasteiger partial charge in [0.1, 0.15) is 12.0 Å². The molecule has 1 saturated heterocycles. The van der Waals surface area contributed by atoms with E-state index in [4.69, 9.17) is 19.2 Å². The van der Waals surface area contributed by atoms with Gasteiger partial charge in [-0.25, -0.2) is 15.4 Å². The number of hydrazine groups is 1. The zero-order valence-corrected chi connectivity index (χ0v) is 25.0. The summed E-state index contributed by atoms with van der Waals surface area (Å²) in [6, 6.07) is 35.4. The number of hydrogen-bond donors (Lipinski definition) is 1. The quantitative estimate of drug-likeness (QED) is 0.187. The van der Waals surface area contributed by atoms with Crippen LogP contribution in [0.5, 0.6) is 17.2 Å². The molecular formula is C36H38N4O3. The van der Waals surface area contributed by atoms with Crippen LogP contribution in [-0.2, 0) is 0 Å². The number of piperidine rings is 1. The SMILES string of the molecule is COc1ccc(-c2nc(-c3ccccc3)c(-c3ccccc3)n2C(NN2CCCCC2)c2ccccc2)c(OC)c1OC. The third kappa shape index (κ3) is 5.74. The van der Waals surface area contributed by atoms with E-state index >= 15 is 0 Å². The first-order chi connectivity index (χ1) is 21.2. The molecule has 0 bridgehead atoms. The molecule has 0 spiro atoms. The standard InChI is InChI=1S/C36H38N4O3/c1-41-30-23-22-29(33(42-2)34(30)43-3)36-37-31(26-16-8-4-9-17-26)32(27-18-10-5-11-19-27)40(36)35(28-20-12-6-13-21-28)38-39-24-14-7-15-25-39/h4-6,8-13,16-23,35,38H,7,14-15,24-25H2,1-3H3. The zero-order chi connectivity index (χ0) is 29.6. The normalized spacial score (nSPS) is 14.3. The van der Waals surface area contributed by atoms with Gasteiger partial charge in [-0.2, -0.15) is 0 Å². The fourth-order valence-corrected chi connectivity index (χ4v) is 5.93. The highest BCUT2D eigenvalue weighted by Gasteiger charge is 2.31. The van der Waals surface area contributed by atoms with Crippen LogP contribution in [0.4, 0.5) is 0 Å². The van der Waals surface area contributed by atoms with E-state index in [0.717, 1.165) is 65.4 Å². The van der Waals surface area contributed by atoms with Gasteiger partial charge in [0.2, 0.25) is 5.75 Å². The van der Waals surface area contributed by atoms with Crippen molar-refractivity contribution in [2.45, 2.75) is 25.4 Å². The van der Waals surface area contributed by atoms with Crippen molar-refractivity contribution in [3.8, 4) is 51.2 Å². The Labute approximate surface area is 253 Å². The first-order valence-electron chi connectivity index (χ1n) is 14.8. The number of hydrogen-bond acceptors (Lipinski definition) is 6. The summed E-state index contributed by atoms with van der Waals surface area (Å²) in [5, 5.41) is 2.35. The minimum Gasteiger partial charge on any atom is -0.493 e. The molecular weight excluding hydrogens is 536 g/mol. The van der Waals surface area contributed by atoms with Gasteiger partial charge in [-0.1, -0.05) is 97.4 Å². The van der Waals surface area contributed by atoms with Gasteiger partial charge < -0.3 is 18.8 Å². The summed E-state index contributed by atoms with van der Waals surface area (Å²) in [7, 11) is 4.92. The highest BCUT2D eigenvalue weighted by atomic mass is 16.5. The molecule has 5 aromatic rings. The van der Waals surface area contributed by atoms with E-state index in [0.29, 0.717) is 17.2 Å². The van der Waals surface area contributed by atoms with E-state index in [1.54, 1.807) is 21.3 Å². The molecule has 1 atom stereocenters. The number of nitrogens with zero attached hydrogens (tertiary/aromatic N) is 3. The summed E-state index contributed by atoms with van der Waals surface area (Å²) in [4.78, 5) is 5.43. The average molecular weight is 575 g/mol. The zero-order valence-electron chi connectivity index (χ0n) is 25.0. The monoisotopic (exact) mass is 574 g/mol. The molecule has 0 amide bonds. The van der Waals surface area contributed by atoms with E-state index in [1.807, 2.05) is 24.3 Å². The van der Waals surface area contributed by atoms with Crippen LogP contribution in [0.25, 0.3) is 33.9 Å². The third-order valence-electron chi connectivity index (χ3n) is 7.99. The Morgan fingerprint density at radius 2 is 1.26 bits per heavy atom. The molecule has 4 aromatic carbocycles. The lowest BCUT2D eigenvalue weighted by molar-refractivity contribution is 0.120. The molecule has 1 aliphatic heterocycles. The van der Waals surface area contributed by atoms with Crippen molar-refractivity contribution in [1.29, 1.82) is 0 Å². The van der Waals surface area contributed by atoms with Crippen LogP contribution >= 0.6 is 0 Å². The minimum atomic E-state index is -0.257. The van der Waals surface area contributed by atoms with Crippen LogP contribution in [0.3, 0.4) is 0 Å². The van der Waals surface area contributed by atoms with Crippen LogP contribution in [0.1, 0.15) is 31.0 Å². The van der Waals surface area contributed by atoms with E-state index in [2.05, 4.69) is 93.9 Å². The van der Waals surface area contributed by atoms with Crippen LogP contribution in [-0.4, -0.2) is 49.0 Å². The maximum absolute atomic E-state index is 6.03. The van der Waals surface area contributed by atoms with Gasteiger partial charge in [-0.15, -0.1) is 0 Å². The smallest absolute Gasteiger partial charge is 0.204 e. The van der Waals surface area contributed by atoms with E-state index in [-0.39, 0.29) is 6.17 Å². The summed E-state index contributed by atoms with van der Waals surface area (Å²) >= 11 is 0. The molecule has 1 aromatic heterocycles. The maximum atomic E-state index is 6.03. The number of methoxy groups -OCH3 is 3. The molecule has 43 heavy (non-hydrogen) atoms. The molecule has 7 nitrogen and oxygen atoms in total. The predicted octanol–water partition coefficient (Wildman–Crippen LogP) is 7.45. The van der Waals surface area contributed by atoms with Crippen LogP contribution in [0.2, 0.25) is 0 Å². The lowest BCUT2D eigenvalue weighted by atomic mass is 10.0. The van der Waals surface area contributed by atoms with Crippen molar-refractivity contribution in [3.63, 3.8) is 0 Å². The maximum Gasteiger partial charge on any atom is 0.204 e. The van der Waals surface area contributed by atoms with Gasteiger partial charge in [-0.3, -0.25) is 0 Å². The first kappa shape index (κ1) is 28.5. The molecule has 6 rings (SSSR count). The number of rotatable bonds is 10. The Kier molecular flexibility index (Phi) is 8.72. The highest BCUT2D eigenvalue weighted by Crippen LogP contribution is 2.47. The topological polar surface area (TPSA) is 60.8 Å². The predicted molar refractivity (Wildman–Crippen MR) is 171 cm³/mol. The number of ether oxygens (including phenoxy) is 3. The van der Waals surface area contributed by atoms with Crippen molar-refractivity contribution in [2.75, 3.05) is 34.4 Å². The molecule has 1 unspecified atom stereocenters. The minimum absolute atomic E-state index is 0.257. The second kappa shape index (κ2) is 13.2. The molecule has 1 aliphatic rings. The largest absolute Gasteiger partial charge is 0.493 e. The van der Waals surface area contributed by atoms with Gasteiger partial charge in [0.15, 0.2) is 11.5 Å². The summed E-state index contributed by atoms with van der Waals surface area (Å²) in [5.74, 6) is 2.45. The van der Waals surface area contributed by atoms with Crippen LogP contribution in [0, 0.1) is 0 Å². The molecule has 1 N–H and O–H groups in total. The van der Waals surface area contributed by atoms with Gasteiger partial charge in [0.05, 0.1) is 38.3 Å². The Balaban J connectivity index is 1.70. The second-order valence-electron chi connectivity index (χ2n) is 10.6. The van der Waals surface area contributed by atoms with Crippen molar-refractivity contribution in [1.82, 2.24) is 20.0 Å². The van der Waals surface area contributed by atoms with Crippen molar-refractivity contribution >= 4 is 0 Å². The summed E-state index contributed by atoms with van der Waals surface area (Å²) in [6.07, 6.45) is 3.32. The van der Waals surface area contributed by atoms with Crippen molar-refractivity contribution < 1.29 is 14.2 Å². The van der Waals surface area contributed by atoms with E-state index < -0.39 is 0 Å². The number of nitrogens with one attached hydrogen (secondary N) is 1. The van der Waals surface area contributed by atoms with Gasteiger partial charge in [0.25, 0.3) is 0 Å². The number of benzene rings is 4. The second-order valence-corrected chi connectivity index (χ2v) is 10.6. The molecule has 1 fully saturated rings. The molecule has 0 aliphatic carbocycles. The molecule has 2 heterocycles. The summed E-state index contributed by atoms with van der Waals surface area (Å²) in [5.41, 5.74) is 9.86. The molecule has 0 radical (unpaired) electrons. The van der Waals surface area contributed by atoms with Crippen LogP contribution in [0.15, 0.2) is 103 Å². The van der Waals surface area contributed by atoms with Crippen molar-refractivity contribution in [2.24, 2.45) is 0 Å². The Bertz CT molecular complexity index is 1630. The van der Waals surface area contributed by atoms with Gasteiger partial charge >= 0.3 is 0 Å². The Morgan fingerprint density at radius 3 is 1.86 bits per heavy atom. The van der Waals surface area contributed by atoms with Gasteiger partial charge in [-0.05, 0) is 30.5 Å². The fourth-order valence-electron chi connectivity index (χ4n) is 5.93. The lowest BCUT2D eigenvalue weighted by Crippen LogP contribution is -2.46. The number of aromatic nitrogens is 2. The summed E-state index contributed by atoms with van der Waals surface area (Å²) in [6.45, 7) is 1.97. The molecule has 0 saturated carbocycles. The van der Waals surface area contributed by atoms with Crippen LogP contribution < -0.4 is 19.6 Å². The van der Waals surface area contributed by atoms with E-state index in [1.165, 1.54) is 6.42 Å². The fraction of sp³-hybridized carbons (Fsp3) is 0.250.